The lowest BCUT2D eigenvalue weighted by Crippen LogP contribution is -1.97. The van der Waals surface area contributed by atoms with E-state index in [0.717, 1.165) is 14.2 Å². The van der Waals surface area contributed by atoms with E-state index in [1.165, 1.54) is 22.2 Å². The number of nitrogens with zero attached hydrogens (tertiary/aromatic N) is 3. The predicted molar refractivity (Wildman–Crippen MR) is 84.1 cm³/mol. The van der Waals surface area contributed by atoms with Crippen LogP contribution in [0.2, 0.25) is 0 Å². The molecule has 0 saturated heterocycles. The second-order valence-corrected chi connectivity index (χ2v) is 6.59. The van der Waals surface area contributed by atoms with E-state index >= 15 is 0 Å². The number of hydrogen-bond acceptors (Lipinski definition) is 4. The van der Waals surface area contributed by atoms with Gasteiger partial charge >= 0.3 is 5.97 Å². The maximum Gasteiger partial charge on any atom is 0.339 e. The first-order valence-electron chi connectivity index (χ1n) is 6.06. The van der Waals surface area contributed by atoms with E-state index in [0.29, 0.717) is 11.5 Å². The molecule has 3 aromatic heterocycles. The Hall–Kier alpha value is -1.99. The molecular weight excluding hydrogens is 354 g/mol. The Morgan fingerprint density at radius 3 is 2.71 bits per heavy atom. The quantitative estimate of drug-likeness (QED) is 0.768. The van der Waals surface area contributed by atoms with E-state index in [9.17, 15) is 9.90 Å². The molecule has 1 N–H and O–H groups in total. The molecule has 0 aliphatic rings. The van der Waals surface area contributed by atoms with Gasteiger partial charge in [-0.2, -0.15) is 5.10 Å². The second kappa shape index (κ2) is 5.42. The van der Waals surface area contributed by atoms with Crippen LogP contribution in [0.5, 0.6) is 0 Å². The van der Waals surface area contributed by atoms with Crippen LogP contribution in [0.15, 0.2) is 41.1 Å². The first-order valence-corrected chi connectivity index (χ1v) is 7.67. The Kier molecular flexibility index (Phi) is 3.60. The first kappa shape index (κ1) is 14.0. The molecule has 3 rings (SSSR count). The molecular formula is C14H10BrN3O2S. The molecule has 0 aliphatic carbocycles. The average Bonchev–Trinajstić information content (AvgIpc) is 3.05. The topological polar surface area (TPSA) is 68.0 Å². The lowest BCUT2D eigenvalue weighted by molar-refractivity contribution is 0.0697. The number of hydrogen-bond donors (Lipinski definition) is 1. The minimum atomic E-state index is -1.00. The SMILES string of the molecule is Cc1ccc(-c2nn(-c3ccc(Br)cn3)cc2C(=O)O)s1. The zero-order valence-electron chi connectivity index (χ0n) is 10.9. The van der Waals surface area contributed by atoms with Gasteiger partial charge in [-0.1, -0.05) is 0 Å². The molecule has 0 spiro atoms. The fourth-order valence-corrected chi connectivity index (χ4v) is 3.00. The van der Waals surface area contributed by atoms with E-state index < -0.39 is 5.97 Å². The van der Waals surface area contributed by atoms with Crippen LogP contribution in [-0.4, -0.2) is 25.8 Å². The molecule has 0 amide bonds. The number of thiophene rings is 1. The number of aryl methyl sites for hydroxylation is 1. The third-order valence-electron chi connectivity index (χ3n) is 2.86. The van der Waals surface area contributed by atoms with Gasteiger partial charge in [0.2, 0.25) is 0 Å². The van der Waals surface area contributed by atoms with Crippen LogP contribution in [0.25, 0.3) is 16.4 Å². The van der Waals surface area contributed by atoms with Gasteiger partial charge in [0, 0.05) is 21.7 Å². The molecule has 0 fully saturated rings. The Labute approximate surface area is 133 Å². The number of pyridine rings is 1. The maximum absolute atomic E-state index is 11.4. The second-order valence-electron chi connectivity index (χ2n) is 4.39. The molecule has 3 aromatic rings. The molecule has 7 heteroatoms. The average molecular weight is 364 g/mol. The van der Waals surface area contributed by atoms with Crippen LogP contribution in [0, 0.1) is 6.92 Å². The van der Waals surface area contributed by atoms with Crippen molar-refractivity contribution in [2.75, 3.05) is 0 Å². The third kappa shape index (κ3) is 2.74. The van der Waals surface area contributed by atoms with Crippen LogP contribution >= 0.6 is 27.3 Å². The van der Waals surface area contributed by atoms with Crippen molar-refractivity contribution in [3.05, 3.63) is 51.6 Å². The highest BCUT2D eigenvalue weighted by molar-refractivity contribution is 9.10. The number of carbonyl (C=O) groups is 1. The van der Waals surface area contributed by atoms with Gasteiger partial charge in [-0.15, -0.1) is 11.3 Å². The van der Waals surface area contributed by atoms with Gasteiger partial charge in [0.15, 0.2) is 5.82 Å². The number of carboxylic acid groups (broad SMARTS) is 1. The van der Waals surface area contributed by atoms with E-state index in [1.54, 1.807) is 12.3 Å². The van der Waals surface area contributed by atoms with Crippen molar-refractivity contribution in [3.8, 4) is 16.4 Å². The van der Waals surface area contributed by atoms with Crippen molar-refractivity contribution in [2.24, 2.45) is 0 Å². The Balaban J connectivity index is 2.12. The molecule has 0 atom stereocenters. The Morgan fingerprint density at radius 2 is 2.14 bits per heavy atom. The molecule has 106 valence electrons. The van der Waals surface area contributed by atoms with Crippen LogP contribution in [0.3, 0.4) is 0 Å². The fourth-order valence-electron chi connectivity index (χ4n) is 1.90. The van der Waals surface area contributed by atoms with Crippen molar-refractivity contribution in [3.63, 3.8) is 0 Å². The van der Waals surface area contributed by atoms with Gasteiger partial charge < -0.3 is 5.11 Å². The summed E-state index contributed by atoms with van der Waals surface area (Å²) >= 11 is 4.83. The highest BCUT2D eigenvalue weighted by Gasteiger charge is 2.19. The Bertz CT molecular complexity index is 808. The van der Waals surface area contributed by atoms with Crippen LogP contribution in [0.1, 0.15) is 15.2 Å². The molecule has 0 aliphatic heterocycles. The van der Waals surface area contributed by atoms with E-state index in [-0.39, 0.29) is 5.56 Å². The fraction of sp³-hybridized carbons (Fsp3) is 0.0714. The van der Waals surface area contributed by atoms with Crippen molar-refractivity contribution in [1.29, 1.82) is 0 Å². The van der Waals surface area contributed by atoms with Crippen LogP contribution < -0.4 is 0 Å². The lowest BCUT2D eigenvalue weighted by atomic mass is 10.2. The zero-order chi connectivity index (χ0) is 15.0. The maximum atomic E-state index is 11.4. The summed E-state index contributed by atoms with van der Waals surface area (Å²) in [5, 5.41) is 13.7. The smallest absolute Gasteiger partial charge is 0.339 e. The summed E-state index contributed by atoms with van der Waals surface area (Å²) in [6, 6.07) is 7.43. The summed E-state index contributed by atoms with van der Waals surface area (Å²) in [7, 11) is 0. The van der Waals surface area contributed by atoms with E-state index in [4.69, 9.17) is 0 Å². The van der Waals surface area contributed by atoms with Gasteiger partial charge in [0.25, 0.3) is 0 Å². The van der Waals surface area contributed by atoms with Crippen molar-refractivity contribution in [1.82, 2.24) is 14.8 Å². The minimum absolute atomic E-state index is 0.168. The normalized spacial score (nSPS) is 10.8. The number of carboxylic acids is 1. The summed E-state index contributed by atoms with van der Waals surface area (Å²) in [5.74, 6) is -0.431. The molecule has 0 bridgehead atoms. The largest absolute Gasteiger partial charge is 0.478 e. The van der Waals surface area contributed by atoms with Gasteiger partial charge in [-0.25, -0.2) is 14.5 Å². The Morgan fingerprint density at radius 1 is 1.33 bits per heavy atom. The summed E-state index contributed by atoms with van der Waals surface area (Å²) in [4.78, 5) is 17.6. The molecule has 5 nitrogen and oxygen atoms in total. The standard InChI is InChI=1S/C14H10BrN3O2S/c1-8-2-4-11(21-8)13-10(14(19)20)7-18(17-13)12-5-3-9(15)6-16-12/h2-7H,1H3,(H,19,20). The molecule has 0 aromatic carbocycles. The van der Waals surface area contributed by atoms with Gasteiger partial charge in [0.1, 0.15) is 11.3 Å². The van der Waals surface area contributed by atoms with Gasteiger partial charge in [-0.3, -0.25) is 0 Å². The minimum Gasteiger partial charge on any atom is -0.478 e. The van der Waals surface area contributed by atoms with E-state index in [2.05, 4.69) is 26.0 Å². The van der Waals surface area contributed by atoms with Crippen molar-refractivity contribution in [2.45, 2.75) is 6.92 Å². The van der Waals surface area contributed by atoms with Crippen molar-refractivity contribution < 1.29 is 9.90 Å². The molecule has 0 saturated carbocycles. The molecule has 0 radical (unpaired) electrons. The molecule has 3 heterocycles. The summed E-state index contributed by atoms with van der Waals surface area (Å²) in [6.45, 7) is 1.97. The molecule has 21 heavy (non-hydrogen) atoms. The zero-order valence-corrected chi connectivity index (χ0v) is 13.3. The number of rotatable bonds is 3. The first-order chi connectivity index (χ1) is 10.0. The van der Waals surface area contributed by atoms with Crippen LogP contribution in [0.4, 0.5) is 0 Å². The number of aromatic nitrogens is 3. The molecule has 0 unspecified atom stereocenters. The predicted octanol–water partition coefficient (Wildman–Crippen LogP) is 3.76. The van der Waals surface area contributed by atoms with Crippen molar-refractivity contribution >= 4 is 33.2 Å². The van der Waals surface area contributed by atoms with Gasteiger partial charge in [-0.05, 0) is 47.1 Å². The summed E-state index contributed by atoms with van der Waals surface area (Å²) in [5.41, 5.74) is 0.631. The lowest BCUT2D eigenvalue weighted by Gasteiger charge is -1.99. The number of halogens is 1. The monoisotopic (exact) mass is 363 g/mol. The van der Waals surface area contributed by atoms with Gasteiger partial charge in [0.05, 0.1) is 4.88 Å². The summed E-state index contributed by atoms with van der Waals surface area (Å²) < 4.78 is 2.34. The van der Waals surface area contributed by atoms with Crippen LogP contribution in [-0.2, 0) is 0 Å². The third-order valence-corrected chi connectivity index (χ3v) is 4.34. The van der Waals surface area contributed by atoms with E-state index in [1.807, 2.05) is 25.1 Å². The highest BCUT2D eigenvalue weighted by Crippen LogP contribution is 2.29. The summed E-state index contributed by atoms with van der Waals surface area (Å²) in [6.07, 6.45) is 3.13. The highest BCUT2D eigenvalue weighted by atomic mass is 79.9. The number of aromatic carboxylic acids is 1.